The minimum absolute atomic E-state index is 0.186. The third-order valence-corrected chi connectivity index (χ3v) is 5.09. The topological polar surface area (TPSA) is 49.0 Å². The predicted molar refractivity (Wildman–Crippen MR) is 101 cm³/mol. The third-order valence-electron chi connectivity index (χ3n) is 5.09. The van der Waals surface area contributed by atoms with Crippen LogP contribution in [0.1, 0.15) is 54.6 Å². The van der Waals surface area contributed by atoms with Gasteiger partial charge < -0.3 is 4.90 Å². The van der Waals surface area contributed by atoms with Gasteiger partial charge in [-0.2, -0.15) is 5.10 Å². The van der Waals surface area contributed by atoms with Gasteiger partial charge in [-0.05, 0) is 43.7 Å². The Morgan fingerprint density at radius 2 is 2.12 bits per heavy atom. The Morgan fingerprint density at radius 1 is 1.36 bits per heavy atom. The van der Waals surface area contributed by atoms with Crippen LogP contribution in [0.2, 0.25) is 0 Å². The molecule has 1 aromatic heterocycles. The Labute approximate surface area is 149 Å². The number of aromatic amines is 1. The maximum atomic E-state index is 12.9. The summed E-state index contributed by atoms with van der Waals surface area (Å²) in [7, 11) is 0. The normalized spacial score (nSPS) is 18.8. The molecule has 0 bridgehead atoms. The largest absolute Gasteiger partial charge is 0.336 e. The van der Waals surface area contributed by atoms with Crippen LogP contribution in [-0.2, 0) is 4.79 Å². The zero-order chi connectivity index (χ0) is 17.8. The quantitative estimate of drug-likeness (QED) is 0.888. The molecule has 1 N–H and O–H groups in total. The van der Waals surface area contributed by atoms with Crippen molar-refractivity contribution in [1.82, 2.24) is 15.1 Å². The van der Waals surface area contributed by atoms with Gasteiger partial charge in [0.1, 0.15) is 0 Å². The summed E-state index contributed by atoms with van der Waals surface area (Å²) < 4.78 is 0. The molecule has 0 aliphatic carbocycles. The molecule has 25 heavy (non-hydrogen) atoms. The first-order valence-corrected chi connectivity index (χ1v) is 9.10. The predicted octanol–water partition coefficient (Wildman–Crippen LogP) is 4.22. The molecule has 4 heteroatoms. The minimum Gasteiger partial charge on any atom is -0.336 e. The van der Waals surface area contributed by atoms with Crippen LogP contribution in [0, 0.1) is 13.8 Å². The van der Waals surface area contributed by atoms with E-state index in [-0.39, 0.29) is 17.9 Å². The second kappa shape index (κ2) is 7.68. The molecule has 1 aliphatic rings. The lowest BCUT2D eigenvalue weighted by Gasteiger charge is -2.24. The molecule has 1 fully saturated rings. The Balaban J connectivity index is 1.65. The summed E-state index contributed by atoms with van der Waals surface area (Å²) in [5, 5.41) is 7.28. The van der Waals surface area contributed by atoms with Gasteiger partial charge in [0.2, 0.25) is 5.91 Å². The van der Waals surface area contributed by atoms with Gasteiger partial charge in [0, 0.05) is 18.7 Å². The first kappa shape index (κ1) is 17.5. The van der Waals surface area contributed by atoms with E-state index in [0.29, 0.717) is 6.42 Å². The fourth-order valence-electron chi connectivity index (χ4n) is 3.86. The number of nitrogens with one attached hydrogen (secondary N) is 1. The molecule has 2 unspecified atom stereocenters. The summed E-state index contributed by atoms with van der Waals surface area (Å²) in [5.74, 6) is 0.429. The van der Waals surface area contributed by atoms with Crippen LogP contribution >= 0.6 is 0 Å². The van der Waals surface area contributed by atoms with Gasteiger partial charge in [0.15, 0.2) is 0 Å². The molecule has 2 heterocycles. The molecule has 1 amide bonds. The maximum Gasteiger partial charge on any atom is 0.223 e. The minimum atomic E-state index is 0.186. The first-order valence-electron chi connectivity index (χ1n) is 9.10. The van der Waals surface area contributed by atoms with E-state index in [9.17, 15) is 4.79 Å². The van der Waals surface area contributed by atoms with E-state index in [1.165, 1.54) is 11.1 Å². The number of nitrogens with zero attached hydrogens (tertiary/aromatic N) is 2. The average molecular weight is 337 g/mol. The Kier molecular flexibility index (Phi) is 5.37. The lowest BCUT2D eigenvalue weighted by molar-refractivity contribution is -0.131. The van der Waals surface area contributed by atoms with E-state index < -0.39 is 0 Å². The number of aromatic nitrogens is 2. The van der Waals surface area contributed by atoms with Crippen molar-refractivity contribution in [2.24, 2.45) is 0 Å². The second-order valence-electron chi connectivity index (χ2n) is 7.02. The Bertz CT molecular complexity index is 728. The first-order chi connectivity index (χ1) is 12.1. The number of hydrogen-bond acceptors (Lipinski definition) is 2. The monoisotopic (exact) mass is 337 g/mol. The van der Waals surface area contributed by atoms with Crippen LogP contribution in [0.5, 0.6) is 0 Å². The van der Waals surface area contributed by atoms with Gasteiger partial charge in [0.25, 0.3) is 0 Å². The highest BCUT2D eigenvalue weighted by Crippen LogP contribution is 2.27. The summed E-state index contributed by atoms with van der Waals surface area (Å²) in [4.78, 5) is 14.9. The lowest BCUT2D eigenvalue weighted by Crippen LogP contribution is -2.35. The average Bonchev–Trinajstić information content (AvgIpc) is 3.20. The standard InChI is InChI=1S/C21H27N3O/c1-15(21-16(2)22-23-17(21)3)14-20(25)24-13-7-10-19(24)12-11-18-8-5-4-6-9-18/h4-6,8-9,11-12,15,19H,7,10,13-14H2,1-3H3,(H,22,23)/b12-11+. The third kappa shape index (κ3) is 4.01. The van der Waals surface area contributed by atoms with Crippen LogP contribution in [0.4, 0.5) is 0 Å². The molecule has 1 aromatic carbocycles. The van der Waals surface area contributed by atoms with E-state index in [2.05, 4.69) is 41.4 Å². The highest BCUT2D eigenvalue weighted by Gasteiger charge is 2.28. The molecular formula is C21H27N3O. The number of likely N-dealkylation sites (tertiary alicyclic amines) is 1. The van der Waals surface area contributed by atoms with Crippen LogP contribution < -0.4 is 0 Å². The zero-order valence-electron chi connectivity index (χ0n) is 15.3. The summed E-state index contributed by atoms with van der Waals surface area (Å²) in [6.45, 7) is 7.00. The summed E-state index contributed by atoms with van der Waals surface area (Å²) in [6, 6.07) is 10.5. The van der Waals surface area contributed by atoms with Gasteiger partial charge in [-0.3, -0.25) is 9.89 Å². The second-order valence-corrected chi connectivity index (χ2v) is 7.02. The molecule has 1 aliphatic heterocycles. The van der Waals surface area contributed by atoms with Crippen molar-refractivity contribution >= 4 is 12.0 Å². The number of carbonyl (C=O) groups is 1. The molecular weight excluding hydrogens is 310 g/mol. The van der Waals surface area contributed by atoms with Crippen LogP contribution in [0.3, 0.4) is 0 Å². The number of benzene rings is 1. The lowest BCUT2D eigenvalue weighted by atomic mass is 9.95. The molecule has 2 aromatic rings. The van der Waals surface area contributed by atoms with E-state index in [1.54, 1.807) is 0 Å². The molecule has 3 rings (SSSR count). The number of hydrogen-bond donors (Lipinski definition) is 1. The van der Waals surface area contributed by atoms with Crippen LogP contribution in [0.25, 0.3) is 6.08 Å². The Hall–Kier alpha value is -2.36. The molecule has 0 spiro atoms. The van der Waals surface area contributed by atoms with Gasteiger partial charge in [0.05, 0.1) is 11.7 Å². The van der Waals surface area contributed by atoms with Crippen molar-refractivity contribution in [2.75, 3.05) is 6.54 Å². The van der Waals surface area contributed by atoms with Crippen molar-refractivity contribution in [3.63, 3.8) is 0 Å². The van der Waals surface area contributed by atoms with Crippen molar-refractivity contribution in [3.05, 3.63) is 58.9 Å². The highest BCUT2D eigenvalue weighted by atomic mass is 16.2. The molecule has 2 atom stereocenters. The fraction of sp³-hybridized carbons (Fsp3) is 0.429. The number of carbonyl (C=O) groups excluding carboxylic acids is 1. The van der Waals surface area contributed by atoms with E-state index >= 15 is 0 Å². The molecule has 0 radical (unpaired) electrons. The fourth-order valence-corrected chi connectivity index (χ4v) is 3.86. The summed E-state index contributed by atoms with van der Waals surface area (Å²) >= 11 is 0. The van der Waals surface area contributed by atoms with Crippen molar-refractivity contribution < 1.29 is 4.79 Å². The van der Waals surface area contributed by atoms with E-state index in [4.69, 9.17) is 0 Å². The van der Waals surface area contributed by atoms with E-state index in [0.717, 1.165) is 30.8 Å². The molecule has 1 saturated heterocycles. The number of aryl methyl sites for hydroxylation is 2. The molecule has 0 saturated carbocycles. The SMILES string of the molecule is Cc1n[nH]c(C)c1C(C)CC(=O)N1CCCC1/C=C/c1ccccc1. The van der Waals surface area contributed by atoms with Crippen LogP contribution in [0.15, 0.2) is 36.4 Å². The smallest absolute Gasteiger partial charge is 0.223 e. The van der Waals surface area contributed by atoms with Gasteiger partial charge in [-0.15, -0.1) is 0 Å². The summed E-state index contributed by atoms with van der Waals surface area (Å²) in [6.07, 6.45) is 6.97. The van der Waals surface area contributed by atoms with Crippen molar-refractivity contribution in [2.45, 2.75) is 52.0 Å². The zero-order valence-corrected chi connectivity index (χ0v) is 15.3. The highest BCUT2D eigenvalue weighted by molar-refractivity contribution is 5.78. The molecule has 132 valence electrons. The van der Waals surface area contributed by atoms with Crippen LogP contribution in [-0.4, -0.2) is 33.6 Å². The number of H-pyrrole nitrogens is 1. The summed E-state index contributed by atoms with van der Waals surface area (Å²) in [5.41, 5.74) is 4.43. The van der Waals surface area contributed by atoms with E-state index in [1.807, 2.05) is 36.9 Å². The van der Waals surface area contributed by atoms with Gasteiger partial charge >= 0.3 is 0 Å². The number of rotatable bonds is 5. The molecule has 4 nitrogen and oxygen atoms in total. The van der Waals surface area contributed by atoms with Gasteiger partial charge in [-0.25, -0.2) is 0 Å². The van der Waals surface area contributed by atoms with Crippen molar-refractivity contribution in [1.29, 1.82) is 0 Å². The number of amides is 1. The van der Waals surface area contributed by atoms with Gasteiger partial charge in [-0.1, -0.05) is 49.4 Å². The Morgan fingerprint density at radius 3 is 2.80 bits per heavy atom. The maximum absolute atomic E-state index is 12.9. The van der Waals surface area contributed by atoms with Crippen molar-refractivity contribution in [3.8, 4) is 0 Å².